The standard InChI is InChI=1S/C17H32O4.K.Li/c1-5-6-7-8-9-10-11-12-13-17(14(18)19,15(20)21)16(2,3)4;;/h5-13H2,1-4H3,(H,18,19)(H,20,21);;/q;2*+1/p-2. The molecule has 6 heteroatoms. The third-order valence-corrected chi connectivity index (χ3v) is 4.38. The van der Waals surface area contributed by atoms with E-state index >= 15 is 0 Å². The zero-order valence-electron chi connectivity index (χ0n) is 16.0. The molecule has 0 aromatic rings. The molecule has 0 saturated carbocycles. The Kier molecular flexibility index (Phi) is 18.1. The van der Waals surface area contributed by atoms with Gasteiger partial charge in [-0.15, -0.1) is 0 Å². The van der Waals surface area contributed by atoms with Crippen LogP contribution in [0.1, 0.15) is 85.5 Å². The van der Waals surface area contributed by atoms with E-state index in [-0.39, 0.29) is 76.7 Å². The summed E-state index contributed by atoms with van der Waals surface area (Å²) in [6, 6.07) is 0. The summed E-state index contributed by atoms with van der Waals surface area (Å²) in [5.74, 6) is -3.06. The average Bonchev–Trinajstić information content (AvgIpc) is 2.34. The number of carboxylic acid groups (broad SMARTS) is 2. The first-order chi connectivity index (χ1) is 9.70. The van der Waals surface area contributed by atoms with Gasteiger partial charge in [0.05, 0.1) is 17.4 Å². The molecule has 0 unspecified atom stereocenters. The number of carbonyl (C=O) groups is 2. The molecule has 0 rings (SSSR count). The quantitative estimate of drug-likeness (QED) is 0.218. The molecule has 0 heterocycles. The van der Waals surface area contributed by atoms with Crippen LogP contribution in [0, 0.1) is 10.8 Å². The van der Waals surface area contributed by atoms with Gasteiger partial charge in [-0.05, 0) is 11.8 Å². The van der Waals surface area contributed by atoms with Gasteiger partial charge >= 0.3 is 70.2 Å². The van der Waals surface area contributed by atoms with Crippen LogP contribution >= 0.6 is 0 Å². The summed E-state index contributed by atoms with van der Waals surface area (Å²) in [7, 11) is 0. The first kappa shape index (κ1) is 29.0. The molecular weight excluding hydrogens is 314 g/mol. The summed E-state index contributed by atoms with van der Waals surface area (Å²) in [6.07, 6.45) is 8.55. The molecule has 0 fully saturated rings. The Morgan fingerprint density at radius 1 is 0.783 bits per heavy atom. The van der Waals surface area contributed by atoms with Crippen molar-refractivity contribution in [2.24, 2.45) is 10.8 Å². The molecular formula is C17H30KLiO4. The van der Waals surface area contributed by atoms with Gasteiger partial charge in [0, 0.05) is 0 Å². The van der Waals surface area contributed by atoms with Gasteiger partial charge in [0.2, 0.25) is 0 Å². The van der Waals surface area contributed by atoms with Gasteiger partial charge in [-0.3, -0.25) is 0 Å². The van der Waals surface area contributed by atoms with Crippen molar-refractivity contribution in [1.29, 1.82) is 0 Å². The van der Waals surface area contributed by atoms with Crippen LogP contribution in [0.25, 0.3) is 0 Å². The van der Waals surface area contributed by atoms with Crippen molar-refractivity contribution in [3.63, 3.8) is 0 Å². The van der Waals surface area contributed by atoms with Crippen LogP contribution in [0.5, 0.6) is 0 Å². The Hall–Kier alpha value is 1.17. The van der Waals surface area contributed by atoms with Crippen molar-refractivity contribution in [3.05, 3.63) is 0 Å². The van der Waals surface area contributed by atoms with Crippen LogP contribution in [0.15, 0.2) is 0 Å². The molecule has 124 valence electrons. The molecule has 0 bridgehead atoms. The second-order valence-electron chi connectivity index (χ2n) is 6.96. The van der Waals surface area contributed by atoms with Crippen molar-refractivity contribution in [2.75, 3.05) is 0 Å². The predicted octanol–water partition coefficient (Wildman–Crippen LogP) is -3.94. The number of hydrogen-bond donors (Lipinski definition) is 0. The smallest absolute Gasteiger partial charge is 0.549 e. The fourth-order valence-electron chi connectivity index (χ4n) is 2.80. The van der Waals surface area contributed by atoms with E-state index < -0.39 is 22.8 Å². The molecule has 0 atom stereocenters. The first-order valence-electron chi connectivity index (χ1n) is 8.13. The van der Waals surface area contributed by atoms with Gasteiger partial charge in [0.1, 0.15) is 0 Å². The summed E-state index contributed by atoms with van der Waals surface area (Å²) in [6.45, 7) is 7.02. The van der Waals surface area contributed by atoms with Crippen LogP contribution < -0.4 is 80.5 Å². The van der Waals surface area contributed by atoms with Crippen molar-refractivity contribution >= 4 is 11.9 Å². The Balaban J connectivity index is -0.00000200. The molecule has 0 aliphatic rings. The van der Waals surface area contributed by atoms with Gasteiger partial charge in [-0.25, -0.2) is 0 Å². The first-order valence-corrected chi connectivity index (χ1v) is 8.13. The molecule has 23 heavy (non-hydrogen) atoms. The van der Waals surface area contributed by atoms with E-state index in [1.807, 2.05) is 0 Å². The van der Waals surface area contributed by atoms with Crippen molar-refractivity contribution in [2.45, 2.75) is 85.5 Å². The second-order valence-corrected chi connectivity index (χ2v) is 6.96. The summed E-state index contributed by atoms with van der Waals surface area (Å²) < 4.78 is 0. The van der Waals surface area contributed by atoms with E-state index in [2.05, 4.69) is 6.92 Å². The van der Waals surface area contributed by atoms with Gasteiger partial charge in [0.25, 0.3) is 0 Å². The topological polar surface area (TPSA) is 80.3 Å². The number of unbranched alkanes of at least 4 members (excludes halogenated alkanes) is 7. The predicted molar refractivity (Wildman–Crippen MR) is 79.1 cm³/mol. The number of carbonyl (C=O) groups excluding carboxylic acids is 2. The number of hydrogen-bond acceptors (Lipinski definition) is 4. The van der Waals surface area contributed by atoms with Crippen molar-refractivity contribution < 1.29 is 90.0 Å². The molecule has 0 aliphatic carbocycles. The maximum absolute atomic E-state index is 11.4. The number of rotatable bonds is 11. The molecule has 0 radical (unpaired) electrons. The van der Waals surface area contributed by atoms with Crippen LogP contribution in [-0.2, 0) is 9.59 Å². The maximum Gasteiger partial charge on any atom is 1.00 e. The van der Waals surface area contributed by atoms with Gasteiger partial charge < -0.3 is 19.8 Å². The summed E-state index contributed by atoms with van der Waals surface area (Å²) in [5.41, 5.74) is -2.83. The van der Waals surface area contributed by atoms with Crippen molar-refractivity contribution in [1.82, 2.24) is 0 Å². The zero-order chi connectivity index (χ0) is 16.5. The molecule has 0 amide bonds. The Labute approximate surface area is 196 Å². The summed E-state index contributed by atoms with van der Waals surface area (Å²) in [5, 5.41) is 22.8. The largest absolute Gasteiger partial charge is 1.00 e. The minimum Gasteiger partial charge on any atom is -0.549 e. The van der Waals surface area contributed by atoms with Crippen LogP contribution in [0.3, 0.4) is 0 Å². The summed E-state index contributed by atoms with van der Waals surface area (Å²) in [4.78, 5) is 22.8. The van der Waals surface area contributed by atoms with E-state index in [0.717, 1.165) is 19.3 Å². The molecule has 0 aromatic heterocycles. The minimum absolute atomic E-state index is 0. The van der Waals surface area contributed by atoms with E-state index in [9.17, 15) is 19.8 Å². The molecule has 4 nitrogen and oxygen atoms in total. The number of aliphatic carboxylic acids is 2. The van der Waals surface area contributed by atoms with Crippen LogP contribution in [-0.4, -0.2) is 11.9 Å². The Morgan fingerprint density at radius 3 is 1.43 bits per heavy atom. The van der Waals surface area contributed by atoms with Crippen LogP contribution in [0.4, 0.5) is 0 Å². The fraction of sp³-hybridized carbons (Fsp3) is 0.882. The van der Waals surface area contributed by atoms with E-state index in [1.54, 1.807) is 20.8 Å². The SMILES string of the molecule is CCCCCCCCCCC(C(=O)[O-])(C(=O)[O-])C(C)(C)C.[K+].[Li+]. The molecule has 0 aromatic carbocycles. The van der Waals surface area contributed by atoms with Crippen LogP contribution in [0.2, 0.25) is 0 Å². The maximum atomic E-state index is 11.4. The zero-order valence-corrected chi connectivity index (χ0v) is 19.1. The normalized spacial score (nSPS) is 11.3. The molecule has 0 spiro atoms. The van der Waals surface area contributed by atoms with E-state index in [0.29, 0.717) is 6.42 Å². The molecule has 0 saturated heterocycles. The molecule has 0 aliphatic heterocycles. The third-order valence-electron chi connectivity index (χ3n) is 4.38. The monoisotopic (exact) mass is 344 g/mol. The average molecular weight is 344 g/mol. The van der Waals surface area contributed by atoms with Gasteiger partial charge in [0.15, 0.2) is 0 Å². The third kappa shape index (κ3) is 9.44. The number of carboxylic acids is 2. The minimum atomic E-state index is -1.91. The van der Waals surface area contributed by atoms with E-state index in [4.69, 9.17) is 0 Å². The Bertz CT molecular complexity index is 326. The summed E-state index contributed by atoms with van der Waals surface area (Å²) >= 11 is 0. The Morgan fingerprint density at radius 2 is 1.13 bits per heavy atom. The van der Waals surface area contributed by atoms with Gasteiger partial charge in [-0.2, -0.15) is 0 Å². The van der Waals surface area contributed by atoms with Crippen molar-refractivity contribution in [3.8, 4) is 0 Å². The van der Waals surface area contributed by atoms with E-state index in [1.165, 1.54) is 25.7 Å². The fourth-order valence-corrected chi connectivity index (χ4v) is 2.80. The van der Waals surface area contributed by atoms with Gasteiger partial charge in [-0.1, -0.05) is 79.1 Å². The molecule has 0 N–H and O–H groups in total. The second kappa shape index (κ2) is 14.4.